The van der Waals surface area contributed by atoms with Crippen LogP contribution in [0.25, 0.3) is 0 Å². The zero-order valence-electron chi connectivity index (χ0n) is 41.8. The maximum Gasteiger partial charge on any atom is 1.00 e. The fourth-order valence-electron chi connectivity index (χ4n) is 5.45. The number of hydrogen-bond donors (Lipinski definition) is 2. The van der Waals surface area contributed by atoms with E-state index in [2.05, 4.69) is 20.8 Å². The molecule has 0 saturated heterocycles. The van der Waals surface area contributed by atoms with E-state index >= 15 is 0 Å². The number of nitriles is 3. The third-order valence-corrected chi connectivity index (χ3v) is 9.92. The number of aromatic hydroxyl groups is 1. The van der Waals surface area contributed by atoms with Crippen LogP contribution in [-0.4, -0.2) is 11.6 Å². The van der Waals surface area contributed by atoms with E-state index in [0.717, 1.165) is 5.56 Å². The van der Waals surface area contributed by atoms with Crippen LogP contribution in [0.1, 0.15) is 45.9 Å². The number of phenolic OH excluding ortho intramolecular Hbond substituents is 1. The van der Waals surface area contributed by atoms with Gasteiger partial charge in [-0.15, -0.1) is 0 Å². The summed E-state index contributed by atoms with van der Waals surface area (Å²) in [6, 6.07) is 59.3. The van der Waals surface area contributed by atoms with E-state index in [1.165, 1.54) is 36.4 Å². The smallest absolute Gasteiger partial charge is 1.00 e. The van der Waals surface area contributed by atoms with Gasteiger partial charge in [0.1, 0.15) is 66.1 Å². The van der Waals surface area contributed by atoms with E-state index in [-0.39, 0.29) is 160 Å². The van der Waals surface area contributed by atoms with Crippen LogP contribution >= 0.6 is 15.9 Å². The number of halogens is 5. The van der Waals surface area contributed by atoms with E-state index in [1.807, 2.05) is 48.5 Å². The largest absolute Gasteiger partial charge is 1.00 e. The molecule has 0 spiro atoms. The molecule has 8 rings (SSSR count). The molecule has 75 heavy (non-hydrogen) atoms. The number of rotatable bonds is 12. The average molecular weight is 1130 g/mol. The van der Waals surface area contributed by atoms with Crippen molar-refractivity contribution < 1.29 is 156 Å². The number of phenols is 1. The summed E-state index contributed by atoms with van der Waals surface area (Å²) in [5.41, 5.74) is 10.5. The normalized spacial score (nSPS) is 9.12. The molecule has 374 valence electrons. The molecule has 8 aromatic carbocycles. The van der Waals surface area contributed by atoms with E-state index in [4.69, 9.17) is 50.9 Å². The van der Waals surface area contributed by atoms with Gasteiger partial charge < -0.3 is 36.6 Å². The van der Waals surface area contributed by atoms with Crippen LogP contribution in [0, 0.1) is 57.3 Å². The number of ether oxygens (including phenoxy) is 3. The summed E-state index contributed by atoms with van der Waals surface area (Å²) in [6.45, 7) is 0.916. The zero-order chi connectivity index (χ0) is 53.1. The second kappa shape index (κ2) is 40.6. The number of hydrogen-bond acceptors (Lipinski definition) is 11. The first kappa shape index (κ1) is 67.3. The molecule has 0 aliphatic heterocycles. The monoisotopic (exact) mass is 1130 g/mol. The van der Waals surface area contributed by atoms with Crippen LogP contribution in [0.5, 0.6) is 23.0 Å². The summed E-state index contributed by atoms with van der Waals surface area (Å²) in [5.74, 6) is 1.20. The van der Waals surface area contributed by atoms with Gasteiger partial charge in [-0.3, -0.25) is 4.79 Å². The average Bonchev–Trinajstić information content (AvgIpc) is 3.44. The SMILES string of the molecule is Fc1ccccc1CBr.N#Cc1ccc(O)cc1.N#Cc1ccc(OCc2ccccc2F)cc1.N#Cc1ccc(OCc2ccccc2F)cc1.NCc1ccc(OCc2ccccc2F)cc1.O=CO[O-].[H-].[K+].[K+]. The second-order valence-electron chi connectivity index (χ2n) is 14.3. The summed E-state index contributed by atoms with van der Waals surface area (Å²) >= 11 is 3.17. The summed E-state index contributed by atoms with van der Waals surface area (Å²) in [6.07, 6.45) is 0. The van der Waals surface area contributed by atoms with Crippen molar-refractivity contribution in [3.63, 3.8) is 0 Å². The molecule has 0 radical (unpaired) electrons. The number of carbonyl (C=O) groups is 1. The van der Waals surface area contributed by atoms with E-state index in [9.17, 15) is 17.6 Å². The fraction of sp³-hybridized carbons (Fsp3) is 0.0877. The minimum atomic E-state index is -0.277. The van der Waals surface area contributed by atoms with Crippen molar-refractivity contribution in [2.75, 3.05) is 0 Å². The molecule has 0 fully saturated rings. The molecule has 0 heterocycles. The van der Waals surface area contributed by atoms with Crippen LogP contribution in [0.15, 0.2) is 194 Å². The Morgan fingerprint density at radius 3 is 1.00 bits per heavy atom. The minimum absolute atomic E-state index is 0. The fourth-order valence-corrected chi connectivity index (χ4v) is 5.90. The zero-order valence-corrected chi connectivity index (χ0v) is 48.6. The molecule has 0 amide bonds. The minimum Gasteiger partial charge on any atom is -1.00 e. The number of alkyl halides is 1. The number of carbonyl (C=O) groups excluding carboxylic acids is 1. The Morgan fingerprint density at radius 2 is 0.760 bits per heavy atom. The van der Waals surface area contributed by atoms with Crippen LogP contribution in [0.3, 0.4) is 0 Å². The Hall–Kier alpha value is -5.71. The topological polar surface area (TPSA) is 195 Å². The third-order valence-electron chi connectivity index (χ3n) is 9.32. The number of benzene rings is 8. The van der Waals surface area contributed by atoms with Crippen molar-refractivity contribution in [2.45, 2.75) is 31.7 Å². The van der Waals surface area contributed by atoms with Gasteiger partial charge in [0.2, 0.25) is 0 Å². The Kier molecular flexibility index (Phi) is 36.4. The predicted octanol–water partition coefficient (Wildman–Crippen LogP) is 5.96. The molecule has 18 heteroatoms. The predicted molar refractivity (Wildman–Crippen MR) is 269 cm³/mol. The second-order valence-corrected chi connectivity index (χ2v) is 14.9. The maximum absolute atomic E-state index is 13.3. The molecule has 0 aromatic heterocycles. The van der Waals surface area contributed by atoms with E-state index in [1.54, 1.807) is 127 Å². The van der Waals surface area contributed by atoms with Crippen molar-refractivity contribution in [3.8, 4) is 41.2 Å². The van der Waals surface area contributed by atoms with Crippen LogP contribution in [-0.2, 0) is 41.4 Å². The Labute approximate surface area is 528 Å². The standard InChI is InChI=1S/C14H14FNO.2C14H10FNO.C7H6BrF.C7H5NO.CH2O3.2K.H/c3*15-14-4-2-1-3-12(14)10-17-13-7-5-11(9-16)6-8-13;8-5-6-3-1-2-4-7(6)9;8-5-6-1-3-7(9)4-2-6;2-1-4-3;;;/h1-8H,9-10,16H2;2*1-8H,10H2;1-4H,5H2;1-4,9H;1,3H;;;/q;;;;;;2*+1;-1/p-1. The summed E-state index contributed by atoms with van der Waals surface area (Å²) < 4.78 is 68.8. The van der Waals surface area contributed by atoms with Crippen molar-refractivity contribution >= 4 is 22.4 Å². The van der Waals surface area contributed by atoms with Gasteiger partial charge in [-0.25, -0.2) is 17.6 Å². The van der Waals surface area contributed by atoms with Crippen molar-refractivity contribution in [2.24, 2.45) is 5.73 Å². The molecule has 8 aromatic rings. The van der Waals surface area contributed by atoms with Gasteiger partial charge in [-0.2, -0.15) is 15.8 Å². The van der Waals surface area contributed by atoms with Crippen LogP contribution in [0.2, 0.25) is 0 Å². The van der Waals surface area contributed by atoms with Crippen LogP contribution < -0.4 is 128 Å². The first-order valence-corrected chi connectivity index (χ1v) is 22.7. The first-order chi connectivity index (χ1) is 35.5. The van der Waals surface area contributed by atoms with Gasteiger partial charge in [0.25, 0.3) is 6.47 Å². The van der Waals surface area contributed by atoms with Gasteiger partial charge in [0.15, 0.2) is 0 Å². The van der Waals surface area contributed by atoms with Crippen LogP contribution in [0.4, 0.5) is 17.6 Å². The molecule has 0 aliphatic rings. The third kappa shape index (κ3) is 27.6. The Morgan fingerprint density at radius 1 is 0.493 bits per heavy atom. The molecule has 0 unspecified atom stereocenters. The van der Waals surface area contributed by atoms with Crippen molar-refractivity contribution in [3.05, 3.63) is 262 Å². The molecule has 0 bridgehead atoms. The number of nitrogens with zero attached hydrogens (tertiary/aromatic N) is 3. The molecule has 0 saturated carbocycles. The molecule has 3 N–H and O–H groups in total. The summed E-state index contributed by atoms with van der Waals surface area (Å²) in [4.78, 5) is 11.2. The summed E-state index contributed by atoms with van der Waals surface area (Å²) in [5, 5.41) is 43.3. The van der Waals surface area contributed by atoms with Gasteiger partial charge >= 0.3 is 103 Å². The van der Waals surface area contributed by atoms with Crippen molar-refractivity contribution in [1.29, 1.82) is 15.8 Å². The van der Waals surface area contributed by atoms with Gasteiger partial charge in [-0.05, 0) is 120 Å². The molecule has 0 atom stereocenters. The van der Waals surface area contributed by atoms with Gasteiger partial charge in [0.05, 0.1) is 34.9 Å². The van der Waals surface area contributed by atoms with E-state index in [0.29, 0.717) is 68.1 Å². The van der Waals surface area contributed by atoms with E-state index < -0.39 is 0 Å². The van der Waals surface area contributed by atoms with Crippen molar-refractivity contribution in [1.82, 2.24) is 0 Å². The maximum atomic E-state index is 13.3. The first-order valence-electron chi connectivity index (χ1n) is 21.6. The van der Waals surface area contributed by atoms with Gasteiger partial charge in [-0.1, -0.05) is 101 Å². The number of nitrogens with two attached hydrogens (primary N) is 1. The quantitative estimate of drug-likeness (QED) is 0.0367. The molecule has 11 nitrogen and oxygen atoms in total. The Bertz CT molecular complexity index is 2900. The molecule has 0 aliphatic carbocycles. The molecular weight excluding hydrogens is 1090 g/mol. The Balaban J connectivity index is 0.000000919. The van der Waals surface area contributed by atoms with Gasteiger partial charge in [0, 0.05) is 28.6 Å². The molecular formula is C57H47BrF4K2N4O7. The summed E-state index contributed by atoms with van der Waals surface area (Å²) in [7, 11) is 0.